The molecule has 0 saturated carbocycles. The van der Waals surface area contributed by atoms with Crippen molar-refractivity contribution in [2.45, 2.75) is 11.8 Å². The fourth-order valence-corrected chi connectivity index (χ4v) is 4.71. The molecule has 0 aliphatic rings. The van der Waals surface area contributed by atoms with Crippen molar-refractivity contribution in [2.75, 3.05) is 19.0 Å². The fraction of sp³-hybridized carbons (Fsp3) is 0.160. The lowest BCUT2D eigenvalue weighted by Crippen LogP contribution is -2.09. The zero-order valence-corrected chi connectivity index (χ0v) is 20.1. The van der Waals surface area contributed by atoms with Gasteiger partial charge in [-0.2, -0.15) is 0 Å². The SMILES string of the molecule is CCOc1ccc(/C(=C\CSc2ccc(OCC(=O)O)cc2I)c2ccccc2)cc1. The molecule has 0 radical (unpaired) electrons. The Bertz CT molecular complexity index is 1030. The molecule has 0 atom stereocenters. The van der Waals surface area contributed by atoms with Crippen LogP contribution in [0.5, 0.6) is 11.5 Å². The summed E-state index contributed by atoms with van der Waals surface area (Å²) in [5.74, 6) is 1.24. The van der Waals surface area contributed by atoms with Crippen LogP contribution in [0.25, 0.3) is 5.57 Å². The average Bonchev–Trinajstić information content (AvgIpc) is 2.78. The number of carboxylic acids is 1. The highest BCUT2D eigenvalue weighted by Gasteiger charge is 2.08. The molecule has 1 N–H and O–H groups in total. The van der Waals surface area contributed by atoms with E-state index in [2.05, 4.69) is 52.9 Å². The monoisotopic (exact) mass is 546 g/mol. The van der Waals surface area contributed by atoms with Gasteiger partial charge in [-0.3, -0.25) is 0 Å². The van der Waals surface area contributed by atoms with Gasteiger partial charge in [0.05, 0.1) is 6.61 Å². The minimum atomic E-state index is -0.985. The summed E-state index contributed by atoms with van der Waals surface area (Å²) in [7, 11) is 0. The molecule has 31 heavy (non-hydrogen) atoms. The summed E-state index contributed by atoms with van der Waals surface area (Å²) in [4.78, 5) is 11.8. The second-order valence-electron chi connectivity index (χ2n) is 6.53. The van der Waals surface area contributed by atoms with Crippen LogP contribution in [0.15, 0.2) is 83.8 Å². The first-order valence-corrected chi connectivity index (χ1v) is 11.9. The third-order valence-electron chi connectivity index (χ3n) is 4.35. The molecule has 160 valence electrons. The number of benzene rings is 3. The van der Waals surface area contributed by atoms with Gasteiger partial charge in [-0.1, -0.05) is 48.5 Å². The van der Waals surface area contributed by atoms with Crippen molar-refractivity contribution in [3.63, 3.8) is 0 Å². The molecule has 0 unspecified atom stereocenters. The van der Waals surface area contributed by atoms with Crippen molar-refractivity contribution in [2.24, 2.45) is 0 Å². The zero-order valence-electron chi connectivity index (χ0n) is 17.1. The van der Waals surface area contributed by atoms with Crippen LogP contribution in [-0.4, -0.2) is 30.0 Å². The lowest BCUT2D eigenvalue weighted by atomic mass is 9.98. The van der Waals surface area contributed by atoms with Gasteiger partial charge in [0.2, 0.25) is 0 Å². The Morgan fingerprint density at radius 3 is 2.29 bits per heavy atom. The number of thioether (sulfide) groups is 1. The molecular weight excluding hydrogens is 523 g/mol. The minimum Gasteiger partial charge on any atom is -0.494 e. The molecule has 3 aromatic carbocycles. The summed E-state index contributed by atoms with van der Waals surface area (Å²) < 4.78 is 11.9. The minimum absolute atomic E-state index is 0.339. The smallest absolute Gasteiger partial charge is 0.341 e. The first-order valence-electron chi connectivity index (χ1n) is 9.82. The van der Waals surface area contributed by atoms with E-state index in [1.54, 1.807) is 11.8 Å². The van der Waals surface area contributed by atoms with E-state index in [1.807, 2.05) is 55.5 Å². The largest absolute Gasteiger partial charge is 0.494 e. The molecule has 3 aromatic rings. The molecular formula is C25H23IO4S. The maximum Gasteiger partial charge on any atom is 0.341 e. The van der Waals surface area contributed by atoms with Gasteiger partial charge < -0.3 is 14.6 Å². The summed E-state index contributed by atoms with van der Waals surface area (Å²) in [6, 6.07) is 24.2. The summed E-state index contributed by atoms with van der Waals surface area (Å²) in [6.07, 6.45) is 2.24. The Kier molecular flexibility index (Phi) is 8.85. The van der Waals surface area contributed by atoms with Crippen molar-refractivity contribution in [3.05, 3.63) is 93.6 Å². The van der Waals surface area contributed by atoms with Gasteiger partial charge in [-0.05, 0) is 76.5 Å². The lowest BCUT2D eigenvalue weighted by Gasteiger charge is -2.11. The van der Waals surface area contributed by atoms with Crippen LogP contribution < -0.4 is 9.47 Å². The molecule has 0 saturated heterocycles. The topological polar surface area (TPSA) is 55.8 Å². The molecule has 0 spiro atoms. The van der Waals surface area contributed by atoms with E-state index in [0.29, 0.717) is 12.4 Å². The maximum absolute atomic E-state index is 10.7. The Morgan fingerprint density at radius 1 is 0.968 bits per heavy atom. The summed E-state index contributed by atoms with van der Waals surface area (Å²) >= 11 is 3.98. The van der Waals surface area contributed by atoms with Gasteiger partial charge in [0.15, 0.2) is 6.61 Å². The van der Waals surface area contributed by atoms with Gasteiger partial charge in [0, 0.05) is 14.2 Å². The molecule has 6 heteroatoms. The van der Waals surface area contributed by atoms with Crippen molar-refractivity contribution < 1.29 is 19.4 Å². The number of hydrogen-bond donors (Lipinski definition) is 1. The molecule has 3 rings (SSSR count). The van der Waals surface area contributed by atoms with Gasteiger partial charge in [0.1, 0.15) is 11.5 Å². The van der Waals surface area contributed by atoms with Crippen LogP contribution in [0, 0.1) is 3.57 Å². The molecule has 0 bridgehead atoms. The van der Waals surface area contributed by atoms with Gasteiger partial charge >= 0.3 is 5.97 Å². The number of carboxylic acid groups (broad SMARTS) is 1. The van der Waals surface area contributed by atoms with Crippen LogP contribution in [0.2, 0.25) is 0 Å². The predicted molar refractivity (Wildman–Crippen MR) is 134 cm³/mol. The number of halogens is 1. The molecule has 0 aliphatic carbocycles. The molecule has 0 heterocycles. The van der Waals surface area contributed by atoms with E-state index < -0.39 is 5.97 Å². The van der Waals surface area contributed by atoms with Crippen LogP contribution in [0.3, 0.4) is 0 Å². The van der Waals surface area contributed by atoms with Crippen molar-refractivity contribution in [1.29, 1.82) is 0 Å². The Balaban J connectivity index is 1.76. The summed E-state index contributed by atoms with van der Waals surface area (Å²) in [5.41, 5.74) is 3.48. The third-order valence-corrected chi connectivity index (χ3v) is 6.61. The number of hydrogen-bond acceptors (Lipinski definition) is 4. The van der Waals surface area contributed by atoms with Gasteiger partial charge in [-0.15, -0.1) is 11.8 Å². The second-order valence-corrected chi connectivity index (χ2v) is 8.75. The van der Waals surface area contributed by atoms with Gasteiger partial charge in [-0.25, -0.2) is 4.79 Å². The Hall–Kier alpha value is -2.45. The van der Waals surface area contributed by atoms with E-state index in [1.165, 1.54) is 11.1 Å². The number of carbonyl (C=O) groups is 1. The lowest BCUT2D eigenvalue weighted by molar-refractivity contribution is -0.139. The summed E-state index contributed by atoms with van der Waals surface area (Å²) in [6.45, 7) is 2.29. The zero-order chi connectivity index (χ0) is 22.1. The van der Waals surface area contributed by atoms with Crippen LogP contribution in [0.4, 0.5) is 0 Å². The first-order chi connectivity index (χ1) is 15.1. The Labute approximate surface area is 200 Å². The van der Waals surface area contributed by atoms with E-state index in [-0.39, 0.29) is 6.61 Å². The third kappa shape index (κ3) is 7.04. The van der Waals surface area contributed by atoms with E-state index in [4.69, 9.17) is 14.6 Å². The number of ether oxygens (including phenoxy) is 2. The normalized spacial score (nSPS) is 11.2. The first kappa shape index (κ1) is 23.2. The second kappa shape index (κ2) is 11.8. The summed E-state index contributed by atoms with van der Waals surface area (Å²) in [5, 5.41) is 8.75. The molecule has 0 fully saturated rings. The van der Waals surface area contributed by atoms with E-state index >= 15 is 0 Å². The highest BCUT2D eigenvalue weighted by molar-refractivity contribution is 14.1. The van der Waals surface area contributed by atoms with E-state index in [0.717, 1.165) is 25.5 Å². The Morgan fingerprint density at radius 2 is 1.65 bits per heavy atom. The number of rotatable bonds is 10. The van der Waals surface area contributed by atoms with Crippen molar-refractivity contribution in [3.8, 4) is 11.5 Å². The highest BCUT2D eigenvalue weighted by Crippen LogP contribution is 2.31. The standard InChI is InChI=1S/C25H23IO4S/c1-2-29-20-10-8-19(9-11-20)22(18-6-4-3-5-7-18)14-15-31-24-13-12-21(16-23(24)26)30-17-25(27)28/h3-14,16H,2,15,17H2,1H3,(H,27,28)/b22-14-. The number of aliphatic carboxylic acids is 1. The molecule has 0 aliphatic heterocycles. The average molecular weight is 546 g/mol. The van der Waals surface area contributed by atoms with Crippen LogP contribution in [0.1, 0.15) is 18.1 Å². The van der Waals surface area contributed by atoms with Crippen LogP contribution in [-0.2, 0) is 4.79 Å². The van der Waals surface area contributed by atoms with E-state index in [9.17, 15) is 4.79 Å². The van der Waals surface area contributed by atoms with Crippen LogP contribution >= 0.6 is 34.4 Å². The van der Waals surface area contributed by atoms with Gasteiger partial charge in [0.25, 0.3) is 0 Å². The maximum atomic E-state index is 10.7. The molecule has 0 amide bonds. The van der Waals surface area contributed by atoms with Crippen molar-refractivity contribution in [1.82, 2.24) is 0 Å². The predicted octanol–water partition coefficient (Wildman–Crippen LogP) is 6.38. The molecule has 0 aromatic heterocycles. The molecule has 4 nitrogen and oxygen atoms in total. The highest BCUT2D eigenvalue weighted by atomic mass is 127. The quantitative estimate of drug-likeness (QED) is 0.236. The fourth-order valence-electron chi connectivity index (χ4n) is 2.97. The van der Waals surface area contributed by atoms with Crippen molar-refractivity contribution >= 4 is 45.9 Å².